The maximum atomic E-state index is 14.7. The predicted octanol–water partition coefficient (Wildman–Crippen LogP) is 8.84. The summed E-state index contributed by atoms with van der Waals surface area (Å²) < 4.78 is 11.3. The van der Waals surface area contributed by atoms with Gasteiger partial charge in [0.15, 0.2) is 10.1 Å². The van der Waals surface area contributed by atoms with Crippen molar-refractivity contribution in [2.75, 3.05) is 23.4 Å². The van der Waals surface area contributed by atoms with Crippen LogP contribution in [-0.2, 0) is 40.0 Å². The number of carboxylic acid groups (broad SMARTS) is 1. The standard InChI is InChI=1S/C49H51N7O9S4/c1-47(2,3)63-44(61)50-25-26-66-27-33-28-68-46(51-33)69-35-29-67-42-38(41(58)56(42)39(35)43(59)60)54-40(57)37(34-23-16-24-36(52-34)53-45(62)64-48(4,5)6)55-65-49(30-17-10-7-11-18-30,31-19-12-8-13-20-31)32-21-14-9-15-22-32/h7-24,28,38,42H,25-27,29H2,1-6H3,(H,50,61)(H,54,57)(H,59,60)(H,52,53,62)/b55-37-/t38-,42-/m1/s1. The van der Waals surface area contributed by atoms with Crippen LogP contribution >= 0.6 is 46.6 Å². The number of benzene rings is 3. The molecule has 3 aromatic carbocycles. The number of carbonyl (C=O) groups excluding carboxylic acids is 4. The average molecular weight is 1010 g/mol. The van der Waals surface area contributed by atoms with E-state index < -0.39 is 58.2 Å². The lowest BCUT2D eigenvalue weighted by atomic mass is 9.80. The van der Waals surface area contributed by atoms with E-state index in [1.54, 1.807) is 59.4 Å². The van der Waals surface area contributed by atoms with Crippen LogP contribution < -0.4 is 16.0 Å². The number of anilines is 1. The number of hydrogen-bond donors (Lipinski definition) is 4. The molecule has 20 heteroatoms. The first-order chi connectivity index (χ1) is 32.9. The smallest absolute Gasteiger partial charge is 0.413 e. The number of pyridine rings is 1. The summed E-state index contributed by atoms with van der Waals surface area (Å²) in [4.78, 5) is 84.0. The molecule has 1 saturated heterocycles. The van der Waals surface area contributed by atoms with Gasteiger partial charge in [-0.1, -0.05) is 114 Å². The van der Waals surface area contributed by atoms with Crippen LogP contribution in [0.3, 0.4) is 0 Å². The monoisotopic (exact) mass is 1010 g/mol. The number of thioether (sulfide) groups is 3. The van der Waals surface area contributed by atoms with E-state index >= 15 is 0 Å². The van der Waals surface area contributed by atoms with Crippen molar-refractivity contribution in [3.63, 3.8) is 0 Å². The minimum Gasteiger partial charge on any atom is -0.477 e. The molecule has 2 aromatic heterocycles. The molecule has 2 aliphatic heterocycles. The van der Waals surface area contributed by atoms with Gasteiger partial charge >= 0.3 is 18.2 Å². The molecule has 0 saturated carbocycles. The molecule has 16 nitrogen and oxygen atoms in total. The van der Waals surface area contributed by atoms with Gasteiger partial charge in [0.1, 0.15) is 39.8 Å². The van der Waals surface area contributed by atoms with Crippen LogP contribution in [0.5, 0.6) is 0 Å². The molecule has 2 aliphatic rings. The Labute approximate surface area is 416 Å². The summed E-state index contributed by atoms with van der Waals surface area (Å²) in [6.07, 6.45) is -1.25. The molecule has 69 heavy (non-hydrogen) atoms. The van der Waals surface area contributed by atoms with Crippen molar-refractivity contribution in [3.8, 4) is 0 Å². The number of aromatic nitrogens is 2. The molecular weight excluding hydrogens is 959 g/mol. The third kappa shape index (κ3) is 12.7. The molecule has 4 N–H and O–H groups in total. The number of nitrogens with zero attached hydrogens (tertiary/aromatic N) is 4. The van der Waals surface area contributed by atoms with Gasteiger partial charge in [0, 0.05) is 50.8 Å². The highest BCUT2D eigenvalue weighted by molar-refractivity contribution is 8.07. The maximum absolute atomic E-state index is 14.7. The Morgan fingerprint density at radius 2 is 1.41 bits per heavy atom. The van der Waals surface area contributed by atoms with Gasteiger partial charge in [-0.2, -0.15) is 11.8 Å². The molecular formula is C49H51N7O9S4. The summed E-state index contributed by atoms with van der Waals surface area (Å²) in [5.74, 6) is -1.28. The summed E-state index contributed by atoms with van der Waals surface area (Å²) in [5, 5.41) is 24.3. The van der Waals surface area contributed by atoms with Crippen molar-refractivity contribution in [1.29, 1.82) is 0 Å². The Morgan fingerprint density at radius 1 is 0.812 bits per heavy atom. The number of aliphatic carboxylic acids is 1. The van der Waals surface area contributed by atoms with Gasteiger partial charge in [0.25, 0.3) is 11.8 Å². The van der Waals surface area contributed by atoms with Crippen LogP contribution in [0, 0.1) is 0 Å². The summed E-state index contributed by atoms with van der Waals surface area (Å²) in [6, 6.07) is 31.7. The van der Waals surface area contributed by atoms with Crippen LogP contribution in [0.15, 0.2) is 135 Å². The fourth-order valence-corrected chi connectivity index (χ4v) is 11.5. The number of carboxylic acids is 1. The third-order valence-corrected chi connectivity index (χ3v) is 14.5. The van der Waals surface area contributed by atoms with Crippen molar-refractivity contribution >= 4 is 88.1 Å². The lowest BCUT2D eigenvalue weighted by Crippen LogP contribution is -2.71. The number of hydrogen-bond acceptors (Lipinski definition) is 15. The van der Waals surface area contributed by atoms with Crippen LogP contribution in [0.2, 0.25) is 0 Å². The minimum absolute atomic E-state index is 0.00689. The van der Waals surface area contributed by atoms with E-state index in [0.29, 0.717) is 44.0 Å². The van der Waals surface area contributed by atoms with E-state index in [1.807, 2.05) is 96.4 Å². The summed E-state index contributed by atoms with van der Waals surface area (Å²) in [6.45, 7) is 11.0. The number of β-lactam (4-membered cyclic amide) rings is 1. The lowest BCUT2D eigenvalue weighted by molar-refractivity contribution is -0.150. The van der Waals surface area contributed by atoms with Crippen LogP contribution in [-0.4, -0.2) is 96.3 Å². The van der Waals surface area contributed by atoms with E-state index in [9.17, 15) is 29.1 Å². The van der Waals surface area contributed by atoms with E-state index in [1.165, 1.54) is 51.9 Å². The van der Waals surface area contributed by atoms with E-state index in [0.717, 1.165) is 5.69 Å². The fraction of sp³-hybridized carbons (Fsp3) is 0.306. The summed E-state index contributed by atoms with van der Waals surface area (Å²) in [5.41, 5.74) is -0.433. The molecule has 0 unspecified atom stereocenters. The predicted molar refractivity (Wildman–Crippen MR) is 269 cm³/mol. The third-order valence-electron chi connectivity index (χ3n) is 9.98. The van der Waals surface area contributed by atoms with Crippen molar-refractivity contribution in [1.82, 2.24) is 25.5 Å². The minimum atomic E-state index is -1.41. The summed E-state index contributed by atoms with van der Waals surface area (Å²) in [7, 11) is 0. The van der Waals surface area contributed by atoms with E-state index in [2.05, 4.69) is 31.1 Å². The number of oxime groups is 1. The van der Waals surface area contributed by atoms with Crippen LogP contribution in [0.1, 0.15) is 69.6 Å². The highest BCUT2D eigenvalue weighted by atomic mass is 32.2. The number of alkyl carbamates (subject to hydrolysis) is 1. The zero-order valence-electron chi connectivity index (χ0n) is 38.6. The number of thiazole rings is 1. The Bertz CT molecular complexity index is 2630. The average Bonchev–Trinajstić information content (AvgIpc) is 3.75. The maximum Gasteiger partial charge on any atom is 0.413 e. The van der Waals surface area contributed by atoms with Crippen LogP contribution in [0.25, 0.3) is 0 Å². The van der Waals surface area contributed by atoms with Crippen LogP contribution in [0.4, 0.5) is 15.4 Å². The molecule has 5 aromatic rings. The second-order valence-corrected chi connectivity index (χ2v) is 21.9. The largest absolute Gasteiger partial charge is 0.477 e. The molecule has 360 valence electrons. The molecule has 0 aliphatic carbocycles. The number of ether oxygens (including phenoxy) is 2. The first-order valence-corrected chi connectivity index (χ1v) is 25.6. The van der Waals surface area contributed by atoms with Gasteiger partial charge in [-0.3, -0.25) is 19.8 Å². The molecule has 4 heterocycles. The normalized spacial score (nSPS) is 16.2. The topological polar surface area (TPSA) is 211 Å². The Kier molecular flexibility index (Phi) is 16.1. The van der Waals surface area contributed by atoms with Gasteiger partial charge in [-0.15, -0.1) is 23.1 Å². The highest BCUT2D eigenvalue weighted by Gasteiger charge is 2.55. The number of carbonyl (C=O) groups is 5. The van der Waals surface area contributed by atoms with Gasteiger partial charge < -0.3 is 30.1 Å². The van der Waals surface area contributed by atoms with Gasteiger partial charge in [-0.25, -0.2) is 24.4 Å². The zero-order valence-corrected chi connectivity index (χ0v) is 41.9. The Balaban J connectivity index is 1.14. The molecule has 0 spiro atoms. The number of nitrogens with one attached hydrogen (secondary N) is 3. The molecule has 1 fully saturated rings. The summed E-state index contributed by atoms with van der Waals surface area (Å²) >= 11 is 5.43. The highest BCUT2D eigenvalue weighted by Crippen LogP contribution is 2.46. The number of fused-ring (bicyclic) bond motifs is 1. The Hall–Kier alpha value is -6.35. The van der Waals surface area contributed by atoms with Crippen molar-refractivity contribution in [3.05, 3.63) is 153 Å². The van der Waals surface area contributed by atoms with Gasteiger partial charge in [0.2, 0.25) is 5.60 Å². The lowest BCUT2D eigenvalue weighted by Gasteiger charge is -2.49. The Morgan fingerprint density at radius 3 is 1.99 bits per heavy atom. The quantitative estimate of drug-likeness (QED) is 0.0226. The number of amides is 4. The molecule has 0 radical (unpaired) electrons. The molecule has 0 bridgehead atoms. The first-order valence-electron chi connectivity index (χ1n) is 21.7. The van der Waals surface area contributed by atoms with Gasteiger partial charge in [0.05, 0.1) is 5.69 Å². The van der Waals surface area contributed by atoms with Crippen molar-refractivity contribution in [2.24, 2.45) is 5.16 Å². The first kappa shape index (κ1) is 50.5. The van der Waals surface area contributed by atoms with E-state index in [4.69, 9.17) is 14.3 Å². The number of rotatable bonds is 17. The molecule has 2 atom stereocenters. The van der Waals surface area contributed by atoms with E-state index in [-0.39, 0.29) is 28.7 Å². The molecule has 4 amide bonds. The van der Waals surface area contributed by atoms with Crippen molar-refractivity contribution in [2.45, 2.75) is 79.9 Å². The second-order valence-electron chi connectivity index (χ2n) is 17.5. The SMILES string of the molecule is CC(C)(C)OC(=O)NCCSCc1csc(SC2=C(C(=O)O)N3C(=O)[C@@H](NC(=O)/C(=N\OC(c4ccccc4)(c4ccccc4)c4ccccc4)c4cccc(NC(=O)OC(C)(C)C)n4)[C@H]3SC2)n1. The van der Waals surface area contributed by atoms with Crippen molar-refractivity contribution < 1.29 is 43.4 Å². The fourth-order valence-electron chi connectivity index (χ4n) is 7.14. The molecule has 7 rings (SSSR count). The zero-order chi connectivity index (χ0) is 49.3. The van der Waals surface area contributed by atoms with Gasteiger partial charge in [-0.05, 0) is 53.7 Å². The second kappa shape index (κ2) is 21.9.